The lowest BCUT2D eigenvalue weighted by atomic mass is 10.1. The smallest absolute Gasteiger partial charge is 0.374 e. The van der Waals surface area contributed by atoms with Crippen LogP contribution in [0.4, 0.5) is 0 Å². The summed E-state index contributed by atoms with van der Waals surface area (Å²) in [5, 5.41) is 2.95. The Kier molecular flexibility index (Phi) is 11.0. The number of carbonyl (C=O) groups is 1. The van der Waals surface area contributed by atoms with Gasteiger partial charge in [-0.1, -0.05) is 13.8 Å². The highest BCUT2D eigenvalue weighted by Crippen LogP contribution is 2.17. The van der Waals surface area contributed by atoms with E-state index in [1.54, 1.807) is 0 Å². The summed E-state index contributed by atoms with van der Waals surface area (Å²) < 4.78 is 17.3. The van der Waals surface area contributed by atoms with Crippen LogP contribution in [0.2, 0.25) is 6.04 Å². The van der Waals surface area contributed by atoms with E-state index in [0.717, 1.165) is 18.9 Å². The Labute approximate surface area is 124 Å². The van der Waals surface area contributed by atoms with Crippen LogP contribution in [0.1, 0.15) is 47.5 Å². The minimum Gasteiger partial charge on any atom is -0.374 e. The number of nitrogens with one attached hydrogen (secondary N) is 1. The third-order valence-corrected chi connectivity index (χ3v) is 6.26. The third kappa shape index (κ3) is 7.38. The van der Waals surface area contributed by atoms with E-state index < -0.39 is 8.80 Å². The number of rotatable bonds is 12. The second-order valence-corrected chi connectivity index (χ2v) is 7.42. The van der Waals surface area contributed by atoms with Gasteiger partial charge >= 0.3 is 8.80 Å². The monoisotopic (exact) mass is 305 g/mol. The molecule has 120 valence electrons. The maximum absolute atomic E-state index is 11.7. The fraction of sp³-hybridized carbons (Fsp3) is 0.929. The molecule has 1 N–H and O–H groups in total. The summed E-state index contributed by atoms with van der Waals surface area (Å²) in [4.78, 5) is 11.7. The summed E-state index contributed by atoms with van der Waals surface area (Å²) >= 11 is 0. The van der Waals surface area contributed by atoms with Gasteiger partial charge in [-0.05, 0) is 33.6 Å². The van der Waals surface area contributed by atoms with Crippen LogP contribution in [0.25, 0.3) is 0 Å². The van der Waals surface area contributed by atoms with E-state index in [9.17, 15) is 4.79 Å². The van der Waals surface area contributed by atoms with Gasteiger partial charge in [-0.2, -0.15) is 0 Å². The zero-order chi connectivity index (χ0) is 15.4. The molecule has 5 nitrogen and oxygen atoms in total. The summed E-state index contributed by atoms with van der Waals surface area (Å²) in [6.07, 6.45) is 1.68. The normalized spacial score (nSPS) is 13.2. The molecule has 0 bridgehead atoms. The fourth-order valence-electron chi connectivity index (χ4n) is 1.88. The first kappa shape index (κ1) is 19.6. The van der Waals surface area contributed by atoms with E-state index in [4.69, 9.17) is 13.3 Å². The van der Waals surface area contributed by atoms with E-state index >= 15 is 0 Å². The second-order valence-electron chi connectivity index (χ2n) is 4.69. The van der Waals surface area contributed by atoms with Gasteiger partial charge in [0.2, 0.25) is 5.91 Å². The predicted molar refractivity (Wildman–Crippen MR) is 82.5 cm³/mol. The number of hydrogen-bond donors (Lipinski definition) is 1. The van der Waals surface area contributed by atoms with E-state index in [-0.39, 0.29) is 11.8 Å². The largest absolute Gasteiger partial charge is 0.500 e. The Bertz CT molecular complexity index is 247. The van der Waals surface area contributed by atoms with Crippen molar-refractivity contribution in [1.29, 1.82) is 0 Å². The standard InChI is InChI=1S/C14H31NO4Si/c1-6-13(5)14(16)15-11-10-12-20(17-7-2,18-8-3)19-9-4/h13H,6-12H2,1-5H3,(H,15,16). The van der Waals surface area contributed by atoms with E-state index in [1.807, 2.05) is 34.6 Å². The molecule has 0 aliphatic rings. The molecule has 0 aromatic carbocycles. The molecule has 1 unspecified atom stereocenters. The molecule has 1 amide bonds. The first-order valence-electron chi connectivity index (χ1n) is 7.74. The quantitative estimate of drug-likeness (QED) is 0.445. The van der Waals surface area contributed by atoms with Crippen molar-refractivity contribution in [3.8, 4) is 0 Å². The maximum Gasteiger partial charge on any atom is 0.500 e. The van der Waals surface area contributed by atoms with Crippen LogP contribution in [0.15, 0.2) is 0 Å². The first-order valence-corrected chi connectivity index (χ1v) is 9.67. The molecular weight excluding hydrogens is 274 g/mol. The summed E-state index contributed by atoms with van der Waals surface area (Å²) in [6, 6.07) is 0.739. The van der Waals surface area contributed by atoms with Gasteiger partial charge in [0.1, 0.15) is 0 Å². The molecule has 0 aromatic rings. The lowest BCUT2D eigenvalue weighted by molar-refractivity contribution is -0.124. The van der Waals surface area contributed by atoms with E-state index in [0.29, 0.717) is 26.4 Å². The van der Waals surface area contributed by atoms with Crippen molar-refractivity contribution in [1.82, 2.24) is 5.32 Å². The summed E-state index contributed by atoms with van der Waals surface area (Å²) in [5.74, 6) is 0.187. The van der Waals surface area contributed by atoms with Gasteiger partial charge in [0.05, 0.1) is 0 Å². The van der Waals surface area contributed by atoms with Crippen molar-refractivity contribution in [3.05, 3.63) is 0 Å². The van der Waals surface area contributed by atoms with Crippen molar-refractivity contribution >= 4 is 14.7 Å². The average molecular weight is 305 g/mol. The highest BCUT2D eigenvalue weighted by Gasteiger charge is 2.39. The lowest BCUT2D eigenvalue weighted by Crippen LogP contribution is -2.46. The van der Waals surface area contributed by atoms with Crippen LogP contribution in [-0.2, 0) is 18.1 Å². The van der Waals surface area contributed by atoms with Crippen LogP contribution in [0, 0.1) is 5.92 Å². The van der Waals surface area contributed by atoms with E-state index in [2.05, 4.69) is 5.32 Å². The van der Waals surface area contributed by atoms with Crippen molar-refractivity contribution in [2.45, 2.75) is 53.5 Å². The third-order valence-electron chi connectivity index (χ3n) is 3.11. The van der Waals surface area contributed by atoms with Crippen LogP contribution < -0.4 is 5.32 Å². The second kappa shape index (κ2) is 11.3. The molecule has 0 rings (SSSR count). The Morgan fingerprint density at radius 1 is 1.05 bits per heavy atom. The van der Waals surface area contributed by atoms with Gasteiger partial charge in [0.15, 0.2) is 0 Å². The van der Waals surface area contributed by atoms with Gasteiger partial charge in [0, 0.05) is 38.3 Å². The highest BCUT2D eigenvalue weighted by atomic mass is 28.4. The first-order chi connectivity index (χ1) is 9.55. The fourth-order valence-corrected chi connectivity index (χ4v) is 4.49. The molecule has 1 atom stereocenters. The van der Waals surface area contributed by atoms with Gasteiger partial charge in [0.25, 0.3) is 0 Å². The number of hydrogen-bond acceptors (Lipinski definition) is 4. The molecule has 0 fully saturated rings. The zero-order valence-corrected chi connectivity index (χ0v) is 14.7. The molecule has 0 aromatic heterocycles. The molecule has 0 aliphatic heterocycles. The summed E-state index contributed by atoms with van der Waals surface area (Å²) in [6.45, 7) is 12.2. The average Bonchev–Trinajstić information content (AvgIpc) is 2.43. The minimum absolute atomic E-state index is 0.0719. The number of amides is 1. The Morgan fingerprint density at radius 3 is 1.95 bits per heavy atom. The van der Waals surface area contributed by atoms with Crippen molar-refractivity contribution in [3.63, 3.8) is 0 Å². The van der Waals surface area contributed by atoms with Crippen molar-refractivity contribution in [2.24, 2.45) is 5.92 Å². The van der Waals surface area contributed by atoms with Crippen molar-refractivity contribution < 1.29 is 18.1 Å². The molecule has 0 aliphatic carbocycles. The zero-order valence-electron chi connectivity index (χ0n) is 13.7. The van der Waals surface area contributed by atoms with E-state index in [1.165, 1.54) is 0 Å². The topological polar surface area (TPSA) is 56.8 Å². The van der Waals surface area contributed by atoms with Crippen LogP contribution in [0.5, 0.6) is 0 Å². The molecule has 6 heteroatoms. The SMILES string of the molecule is CCO[Si](CCCNC(=O)C(C)CC)(OCC)OCC. The molecule has 0 saturated carbocycles. The molecule has 0 saturated heterocycles. The van der Waals surface area contributed by atoms with Crippen molar-refractivity contribution in [2.75, 3.05) is 26.4 Å². The minimum atomic E-state index is -2.55. The molecule has 0 radical (unpaired) electrons. The maximum atomic E-state index is 11.7. The number of carbonyl (C=O) groups excluding carboxylic acids is 1. The van der Waals surface area contributed by atoms with Crippen LogP contribution in [0.3, 0.4) is 0 Å². The van der Waals surface area contributed by atoms with Crippen LogP contribution >= 0.6 is 0 Å². The Balaban J connectivity index is 4.21. The molecular formula is C14H31NO4Si. The lowest BCUT2D eigenvalue weighted by Gasteiger charge is -2.28. The Hall–Kier alpha value is -0.433. The highest BCUT2D eigenvalue weighted by molar-refractivity contribution is 6.60. The van der Waals surface area contributed by atoms with Gasteiger partial charge in [-0.3, -0.25) is 4.79 Å². The molecule has 0 heterocycles. The summed E-state index contributed by atoms with van der Waals surface area (Å²) in [5.41, 5.74) is 0. The Morgan fingerprint density at radius 2 is 1.55 bits per heavy atom. The van der Waals surface area contributed by atoms with Gasteiger partial charge in [-0.15, -0.1) is 0 Å². The summed E-state index contributed by atoms with van der Waals surface area (Å²) in [7, 11) is -2.55. The molecule has 0 spiro atoms. The predicted octanol–water partition coefficient (Wildman–Crippen LogP) is 2.59. The van der Waals surface area contributed by atoms with Crippen LogP contribution in [-0.4, -0.2) is 41.1 Å². The van der Waals surface area contributed by atoms with Gasteiger partial charge < -0.3 is 18.6 Å². The molecule has 20 heavy (non-hydrogen) atoms. The van der Waals surface area contributed by atoms with Gasteiger partial charge in [-0.25, -0.2) is 0 Å².